The molecule has 1 amide bonds. The number of ether oxygens (including phenoxy) is 1. The van der Waals surface area contributed by atoms with Crippen LogP contribution in [0.4, 0.5) is 0 Å². The first kappa shape index (κ1) is 9.89. The van der Waals surface area contributed by atoms with Crippen LogP contribution in [-0.2, 0) is 0 Å². The van der Waals surface area contributed by atoms with E-state index in [0.717, 1.165) is 12.8 Å². The lowest BCUT2D eigenvalue weighted by Gasteiger charge is -2.16. The Hall–Kier alpha value is -1.65. The highest BCUT2D eigenvalue weighted by Crippen LogP contribution is 2.27. The molecule has 0 spiro atoms. The Bertz CT molecular complexity index is 377. The van der Waals surface area contributed by atoms with Crippen molar-refractivity contribution in [3.63, 3.8) is 0 Å². The van der Waals surface area contributed by atoms with Crippen LogP contribution >= 0.6 is 0 Å². The maximum atomic E-state index is 11.9. The van der Waals surface area contributed by atoms with Gasteiger partial charge in [-0.2, -0.15) is 0 Å². The van der Waals surface area contributed by atoms with Crippen molar-refractivity contribution in [2.45, 2.75) is 18.9 Å². The van der Waals surface area contributed by atoms with Gasteiger partial charge in [0, 0.05) is 25.5 Å². The average Bonchev–Trinajstić information content (AvgIpc) is 3.11. The van der Waals surface area contributed by atoms with Gasteiger partial charge in [-0.3, -0.25) is 4.79 Å². The van der Waals surface area contributed by atoms with E-state index >= 15 is 0 Å². The number of amides is 1. The van der Waals surface area contributed by atoms with Gasteiger partial charge < -0.3 is 9.64 Å². The lowest BCUT2D eigenvalue weighted by molar-refractivity contribution is 0.0774. The normalized spacial score (nSPS) is 14.8. The van der Waals surface area contributed by atoms with Crippen molar-refractivity contribution in [1.29, 1.82) is 0 Å². The van der Waals surface area contributed by atoms with E-state index in [1.165, 1.54) is 19.5 Å². The predicted octanol–water partition coefficient (Wildman–Crippen LogP) is 0.720. The molecule has 80 valence electrons. The second kappa shape index (κ2) is 3.84. The van der Waals surface area contributed by atoms with Crippen molar-refractivity contribution < 1.29 is 9.53 Å². The fourth-order valence-electron chi connectivity index (χ4n) is 1.42. The molecular formula is C10H13N3O2. The zero-order chi connectivity index (χ0) is 10.8. The predicted molar refractivity (Wildman–Crippen MR) is 53.7 cm³/mol. The summed E-state index contributed by atoms with van der Waals surface area (Å²) in [4.78, 5) is 21.6. The number of hydrogen-bond donors (Lipinski definition) is 0. The topological polar surface area (TPSA) is 55.3 Å². The summed E-state index contributed by atoms with van der Waals surface area (Å²) in [6, 6.07) is 0.365. The second-order valence-corrected chi connectivity index (χ2v) is 3.56. The third-order valence-electron chi connectivity index (χ3n) is 2.48. The molecular weight excluding hydrogens is 194 g/mol. The fraction of sp³-hybridized carbons (Fsp3) is 0.500. The highest BCUT2D eigenvalue weighted by atomic mass is 16.5. The van der Waals surface area contributed by atoms with E-state index in [0.29, 0.717) is 6.04 Å². The first-order valence-electron chi connectivity index (χ1n) is 4.86. The summed E-state index contributed by atoms with van der Waals surface area (Å²) in [6.45, 7) is 0. The van der Waals surface area contributed by atoms with Gasteiger partial charge in [0.2, 0.25) is 5.88 Å². The number of methoxy groups -OCH3 is 1. The van der Waals surface area contributed by atoms with Crippen molar-refractivity contribution >= 4 is 5.91 Å². The molecule has 1 saturated carbocycles. The largest absolute Gasteiger partial charge is 0.479 e. The lowest BCUT2D eigenvalue weighted by atomic mass is 10.3. The molecule has 1 aromatic heterocycles. The van der Waals surface area contributed by atoms with Crippen LogP contribution in [0.1, 0.15) is 23.3 Å². The van der Waals surface area contributed by atoms with E-state index in [4.69, 9.17) is 4.74 Å². The summed E-state index contributed by atoms with van der Waals surface area (Å²) in [6.07, 6.45) is 5.15. The van der Waals surface area contributed by atoms with Crippen molar-refractivity contribution in [3.8, 4) is 5.88 Å². The van der Waals surface area contributed by atoms with Crippen molar-refractivity contribution in [3.05, 3.63) is 18.1 Å². The Balaban J connectivity index is 2.23. The number of rotatable bonds is 3. The molecule has 0 atom stereocenters. The van der Waals surface area contributed by atoms with Gasteiger partial charge in [0.25, 0.3) is 5.91 Å². The molecule has 1 aromatic rings. The Morgan fingerprint density at radius 1 is 1.47 bits per heavy atom. The molecule has 5 nitrogen and oxygen atoms in total. The molecule has 0 N–H and O–H groups in total. The molecule has 0 aromatic carbocycles. The summed E-state index contributed by atoms with van der Waals surface area (Å²) in [5.74, 6) is 0.164. The van der Waals surface area contributed by atoms with Crippen LogP contribution < -0.4 is 4.74 Å². The molecule has 2 rings (SSSR count). The van der Waals surface area contributed by atoms with Crippen LogP contribution in [0.15, 0.2) is 12.4 Å². The van der Waals surface area contributed by atoms with Crippen molar-refractivity contribution in [2.75, 3.05) is 14.2 Å². The molecule has 0 saturated heterocycles. The number of hydrogen-bond acceptors (Lipinski definition) is 4. The number of aromatic nitrogens is 2. The van der Waals surface area contributed by atoms with E-state index in [1.54, 1.807) is 11.9 Å². The first-order valence-corrected chi connectivity index (χ1v) is 4.86. The maximum Gasteiger partial charge on any atom is 0.278 e. The van der Waals surface area contributed by atoms with Crippen LogP contribution in [0, 0.1) is 0 Å². The van der Waals surface area contributed by atoms with E-state index < -0.39 is 0 Å². The van der Waals surface area contributed by atoms with Crippen LogP contribution in [0.3, 0.4) is 0 Å². The summed E-state index contributed by atoms with van der Waals surface area (Å²) in [5.41, 5.74) is 0.286. The molecule has 0 aliphatic heterocycles. The van der Waals surface area contributed by atoms with Gasteiger partial charge in [0.15, 0.2) is 5.69 Å². The Morgan fingerprint density at radius 3 is 2.73 bits per heavy atom. The standard InChI is InChI=1S/C10H13N3O2/c1-13(7-3-4-7)10(14)8-9(15-2)12-6-5-11-8/h5-7H,3-4H2,1-2H3. The van der Waals surface area contributed by atoms with Gasteiger partial charge >= 0.3 is 0 Å². The van der Waals surface area contributed by atoms with Gasteiger partial charge in [-0.1, -0.05) is 0 Å². The molecule has 0 bridgehead atoms. The monoisotopic (exact) mass is 207 g/mol. The van der Waals surface area contributed by atoms with Crippen LogP contribution in [0.25, 0.3) is 0 Å². The molecule has 1 fully saturated rings. The first-order chi connectivity index (χ1) is 7.24. The molecule has 1 aliphatic carbocycles. The molecule has 0 radical (unpaired) electrons. The van der Waals surface area contributed by atoms with Gasteiger partial charge in [-0.05, 0) is 12.8 Å². The number of carbonyl (C=O) groups excluding carboxylic acids is 1. The third-order valence-corrected chi connectivity index (χ3v) is 2.48. The summed E-state index contributed by atoms with van der Waals surface area (Å²) in [5, 5.41) is 0. The number of carbonyl (C=O) groups is 1. The van der Waals surface area contributed by atoms with E-state index in [1.807, 2.05) is 0 Å². The minimum Gasteiger partial charge on any atom is -0.479 e. The molecule has 1 aliphatic rings. The summed E-state index contributed by atoms with van der Waals surface area (Å²) in [7, 11) is 3.27. The van der Waals surface area contributed by atoms with Crippen LogP contribution in [0.2, 0.25) is 0 Å². The SMILES string of the molecule is COc1nccnc1C(=O)N(C)C1CC1. The van der Waals surface area contributed by atoms with E-state index in [-0.39, 0.29) is 17.5 Å². The van der Waals surface area contributed by atoms with Crippen molar-refractivity contribution in [1.82, 2.24) is 14.9 Å². The maximum absolute atomic E-state index is 11.9. The Morgan fingerprint density at radius 2 is 2.13 bits per heavy atom. The second-order valence-electron chi connectivity index (χ2n) is 3.56. The molecule has 1 heterocycles. The highest BCUT2D eigenvalue weighted by Gasteiger charge is 2.32. The molecule has 0 unspecified atom stereocenters. The van der Waals surface area contributed by atoms with Crippen LogP contribution in [0.5, 0.6) is 5.88 Å². The fourth-order valence-corrected chi connectivity index (χ4v) is 1.42. The van der Waals surface area contributed by atoms with Gasteiger partial charge in [-0.25, -0.2) is 9.97 Å². The highest BCUT2D eigenvalue weighted by molar-refractivity contribution is 5.94. The molecule has 15 heavy (non-hydrogen) atoms. The Labute approximate surface area is 88.1 Å². The Kier molecular flexibility index (Phi) is 2.53. The van der Waals surface area contributed by atoms with E-state index in [9.17, 15) is 4.79 Å². The quantitative estimate of drug-likeness (QED) is 0.732. The van der Waals surface area contributed by atoms with Crippen LogP contribution in [-0.4, -0.2) is 41.0 Å². The zero-order valence-electron chi connectivity index (χ0n) is 8.80. The summed E-state index contributed by atoms with van der Waals surface area (Å²) < 4.78 is 5.00. The number of nitrogens with zero attached hydrogens (tertiary/aromatic N) is 3. The van der Waals surface area contributed by atoms with Gasteiger partial charge in [0.05, 0.1) is 7.11 Å². The zero-order valence-corrected chi connectivity index (χ0v) is 8.80. The van der Waals surface area contributed by atoms with E-state index in [2.05, 4.69) is 9.97 Å². The smallest absolute Gasteiger partial charge is 0.278 e. The van der Waals surface area contributed by atoms with Gasteiger partial charge in [-0.15, -0.1) is 0 Å². The van der Waals surface area contributed by atoms with Crippen molar-refractivity contribution in [2.24, 2.45) is 0 Å². The lowest BCUT2D eigenvalue weighted by Crippen LogP contribution is -2.30. The average molecular weight is 207 g/mol. The van der Waals surface area contributed by atoms with Gasteiger partial charge in [0.1, 0.15) is 0 Å². The summed E-state index contributed by atoms with van der Waals surface area (Å²) >= 11 is 0. The minimum atomic E-state index is -0.123. The third kappa shape index (κ3) is 1.91. The molecule has 5 heteroatoms. The minimum absolute atomic E-state index is 0.123.